The second kappa shape index (κ2) is 6.19. The lowest BCUT2D eigenvalue weighted by atomic mass is 9.83. The fraction of sp³-hybridized carbons (Fsp3) is 0.318. The Morgan fingerprint density at radius 2 is 1.93 bits per heavy atom. The van der Waals surface area contributed by atoms with Crippen LogP contribution in [0.3, 0.4) is 0 Å². The van der Waals surface area contributed by atoms with E-state index in [1.807, 2.05) is 23.6 Å². The summed E-state index contributed by atoms with van der Waals surface area (Å²) < 4.78 is 7.61. The van der Waals surface area contributed by atoms with Crippen molar-refractivity contribution in [2.45, 2.75) is 25.8 Å². The first-order valence-electron chi connectivity index (χ1n) is 9.53. The van der Waals surface area contributed by atoms with Gasteiger partial charge < -0.3 is 13.9 Å². The second-order valence-electron chi connectivity index (χ2n) is 7.88. The highest BCUT2D eigenvalue weighted by atomic mass is 16.3. The Kier molecular flexibility index (Phi) is 3.75. The predicted molar refractivity (Wildman–Crippen MR) is 105 cm³/mol. The summed E-state index contributed by atoms with van der Waals surface area (Å²) in [7, 11) is 0. The van der Waals surface area contributed by atoms with Crippen LogP contribution in [0.25, 0.3) is 11.0 Å². The molecule has 3 aromatic rings. The van der Waals surface area contributed by atoms with E-state index in [0.29, 0.717) is 30.6 Å². The largest absolute Gasteiger partial charge is 0.451 e. The van der Waals surface area contributed by atoms with Gasteiger partial charge in [-0.2, -0.15) is 0 Å². The molecule has 1 fully saturated rings. The molecule has 6 heteroatoms. The fourth-order valence-electron chi connectivity index (χ4n) is 4.59. The number of piperidine rings is 1. The molecule has 0 saturated carbocycles. The van der Waals surface area contributed by atoms with Gasteiger partial charge in [0.25, 0.3) is 11.5 Å². The molecule has 0 spiro atoms. The van der Waals surface area contributed by atoms with Gasteiger partial charge >= 0.3 is 0 Å². The number of rotatable bonds is 1. The van der Waals surface area contributed by atoms with Crippen LogP contribution >= 0.6 is 0 Å². The Bertz CT molecular complexity index is 1220. The molecular formula is C22H20N2O4. The molecular weight excluding hydrogens is 356 g/mol. The highest BCUT2D eigenvalue weighted by molar-refractivity contribution is 5.93. The van der Waals surface area contributed by atoms with Gasteiger partial charge in [-0.3, -0.25) is 14.4 Å². The van der Waals surface area contributed by atoms with E-state index in [0.717, 1.165) is 17.7 Å². The summed E-state index contributed by atoms with van der Waals surface area (Å²) in [6.45, 7) is 3.62. The first-order valence-corrected chi connectivity index (χ1v) is 9.53. The third-order valence-corrected chi connectivity index (χ3v) is 5.86. The quantitative estimate of drug-likeness (QED) is 0.654. The summed E-state index contributed by atoms with van der Waals surface area (Å²) >= 11 is 0. The minimum Gasteiger partial charge on any atom is -0.451 e. The summed E-state index contributed by atoms with van der Waals surface area (Å²) in [5.74, 6) is 0.165. The van der Waals surface area contributed by atoms with Crippen molar-refractivity contribution in [3.63, 3.8) is 0 Å². The lowest BCUT2D eigenvalue weighted by Crippen LogP contribution is -2.49. The zero-order chi connectivity index (χ0) is 19.4. The topological polar surface area (TPSA) is 72.5 Å². The van der Waals surface area contributed by atoms with E-state index in [4.69, 9.17) is 4.42 Å². The third kappa shape index (κ3) is 2.68. The Balaban J connectivity index is 1.49. The summed E-state index contributed by atoms with van der Waals surface area (Å²) in [4.78, 5) is 39.5. The molecule has 2 aliphatic heterocycles. The zero-order valence-electron chi connectivity index (χ0n) is 15.6. The summed E-state index contributed by atoms with van der Waals surface area (Å²) in [5.41, 5.74) is 2.19. The van der Waals surface area contributed by atoms with Gasteiger partial charge in [-0.15, -0.1) is 0 Å². The van der Waals surface area contributed by atoms with Crippen molar-refractivity contribution in [2.24, 2.45) is 5.92 Å². The molecule has 0 radical (unpaired) electrons. The average Bonchev–Trinajstić information content (AvgIpc) is 2.68. The number of fused-ring (bicyclic) bond motifs is 5. The SMILES string of the molecule is Cc1ccc2oc(C(=O)N3CC4CC(C3)c3cccc(=O)n3C4)cc(=O)c2c1. The van der Waals surface area contributed by atoms with Crippen LogP contribution in [0, 0.1) is 12.8 Å². The van der Waals surface area contributed by atoms with Crippen LogP contribution in [0.2, 0.25) is 0 Å². The number of pyridine rings is 1. The number of carbonyl (C=O) groups excluding carboxylic acids is 1. The van der Waals surface area contributed by atoms with Crippen molar-refractivity contribution >= 4 is 16.9 Å². The molecule has 1 saturated heterocycles. The molecule has 6 nitrogen and oxygen atoms in total. The Labute approximate surface area is 161 Å². The molecule has 2 unspecified atom stereocenters. The monoisotopic (exact) mass is 376 g/mol. The smallest absolute Gasteiger partial charge is 0.289 e. The minimum absolute atomic E-state index is 0.0165. The van der Waals surface area contributed by atoms with Crippen molar-refractivity contribution in [1.82, 2.24) is 9.47 Å². The standard InChI is InChI=1S/C22H20N2O4/c1-13-5-6-19-16(7-13)18(25)9-20(28-19)22(27)23-10-14-8-15(12-23)17-3-2-4-21(26)24(17)11-14/h2-7,9,14-15H,8,10-12H2,1H3. The van der Waals surface area contributed by atoms with Gasteiger partial charge in [-0.05, 0) is 37.5 Å². The fourth-order valence-corrected chi connectivity index (χ4v) is 4.59. The Morgan fingerprint density at radius 1 is 1.07 bits per heavy atom. The molecule has 4 heterocycles. The summed E-state index contributed by atoms with van der Waals surface area (Å²) in [6.07, 6.45) is 0.966. The molecule has 142 valence electrons. The van der Waals surface area contributed by atoms with Crippen LogP contribution in [0.1, 0.15) is 34.2 Å². The molecule has 5 rings (SSSR count). The molecule has 0 N–H and O–H groups in total. The first kappa shape index (κ1) is 17.0. The van der Waals surface area contributed by atoms with Crippen LogP contribution in [0.5, 0.6) is 0 Å². The number of carbonyl (C=O) groups is 1. The second-order valence-corrected chi connectivity index (χ2v) is 7.88. The minimum atomic E-state index is -0.263. The number of hydrogen-bond acceptors (Lipinski definition) is 4. The maximum Gasteiger partial charge on any atom is 0.289 e. The van der Waals surface area contributed by atoms with Crippen molar-refractivity contribution in [1.29, 1.82) is 0 Å². The molecule has 1 amide bonds. The molecule has 1 aromatic carbocycles. The third-order valence-electron chi connectivity index (χ3n) is 5.86. The Morgan fingerprint density at radius 3 is 2.79 bits per heavy atom. The number of likely N-dealkylation sites (tertiary alicyclic amines) is 1. The van der Waals surface area contributed by atoms with E-state index in [1.165, 1.54) is 6.07 Å². The molecule has 28 heavy (non-hydrogen) atoms. The van der Waals surface area contributed by atoms with E-state index in [2.05, 4.69) is 0 Å². The van der Waals surface area contributed by atoms with Crippen molar-refractivity contribution in [2.75, 3.05) is 13.1 Å². The molecule has 2 aliphatic rings. The van der Waals surface area contributed by atoms with Gasteiger partial charge in [-0.1, -0.05) is 17.7 Å². The number of aryl methyl sites for hydroxylation is 1. The first-order chi connectivity index (χ1) is 13.5. The van der Waals surface area contributed by atoms with Gasteiger partial charge in [0, 0.05) is 43.4 Å². The maximum atomic E-state index is 13.1. The Hall–Kier alpha value is -3.15. The highest BCUT2D eigenvalue weighted by Gasteiger charge is 2.37. The molecule has 2 bridgehead atoms. The van der Waals surface area contributed by atoms with Gasteiger partial charge in [0.15, 0.2) is 11.2 Å². The normalized spacial score (nSPS) is 20.8. The van der Waals surface area contributed by atoms with Crippen molar-refractivity contribution in [3.8, 4) is 0 Å². The summed E-state index contributed by atoms with van der Waals surface area (Å²) in [5, 5.41) is 0.486. The van der Waals surface area contributed by atoms with Gasteiger partial charge in [0.1, 0.15) is 5.58 Å². The van der Waals surface area contributed by atoms with Gasteiger partial charge in [-0.25, -0.2) is 0 Å². The lowest BCUT2D eigenvalue weighted by molar-refractivity contribution is 0.0564. The average molecular weight is 376 g/mol. The number of nitrogens with zero attached hydrogens (tertiary/aromatic N) is 2. The number of aromatic nitrogens is 1. The van der Waals surface area contributed by atoms with E-state index in [9.17, 15) is 14.4 Å². The van der Waals surface area contributed by atoms with Crippen LogP contribution in [-0.2, 0) is 6.54 Å². The van der Waals surface area contributed by atoms with Crippen LogP contribution in [-0.4, -0.2) is 28.5 Å². The van der Waals surface area contributed by atoms with Crippen LogP contribution in [0.4, 0.5) is 0 Å². The number of amides is 1. The number of benzene rings is 1. The number of hydrogen-bond donors (Lipinski definition) is 0. The van der Waals surface area contributed by atoms with Gasteiger partial charge in [0.2, 0.25) is 0 Å². The van der Waals surface area contributed by atoms with E-state index < -0.39 is 0 Å². The zero-order valence-corrected chi connectivity index (χ0v) is 15.6. The van der Waals surface area contributed by atoms with Gasteiger partial charge in [0.05, 0.1) is 5.39 Å². The van der Waals surface area contributed by atoms with E-state index in [1.54, 1.807) is 29.2 Å². The van der Waals surface area contributed by atoms with E-state index >= 15 is 0 Å². The van der Waals surface area contributed by atoms with Crippen LogP contribution in [0.15, 0.2) is 56.5 Å². The highest BCUT2D eigenvalue weighted by Crippen LogP contribution is 2.35. The summed E-state index contributed by atoms with van der Waals surface area (Å²) in [6, 6.07) is 12.0. The molecule has 0 aliphatic carbocycles. The van der Waals surface area contributed by atoms with E-state index in [-0.39, 0.29) is 34.5 Å². The van der Waals surface area contributed by atoms with Crippen LogP contribution < -0.4 is 11.0 Å². The molecule has 2 aromatic heterocycles. The van der Waals surface area contributed by atoms with Crippen molar-refractivity contribution < 1.29 is 9.21 Å². The lowest BCUT2D eigenvalue weighted by Gasteiger charge is -2.42. The predicted octanol–water partition coefficient (Wildman–Crippen LogP) is 2.52. The molecule has 2 atom stereocenters. The van der Waals surface area contributed by atoms with Crippen molar-refractivity contribution in [3.05, 3.63) is 80.1 Å². The maximum absolute atomic E-state index is 13.1.